The Kier molecular flexibility index (Phi) is 5.06. The zero-order valence-corrected chi connectivity index (χ0v) is 15.5. The number of ketones is 1. The molecule has 6 nitrogen and oxygen atoms in total. The third kappa shape index (κ3) is 3.00. The van der Waals surface area contributed by atoms with Crippen molar-refractivity contribution in [1.82, 2.24) is 0 Å². The van der Waals surface area contributed by atoms with Gasteiger partial charge in [0.25, 0.3) is 0 Å². The number of carbonyl (C=O) groups is 3. The van der Waals surface area contributed by atoms with E-state index in [4.69, 9.17) is 9.47 Å². The van der Waals surface area contributed by atoms with Gasteiger partial charge < -0.3 is 14.6 Å². The number of hydrogen-bond donors (Lipinski definition) is 1. The topological polar surface area (TPSA) is 89.9 Å². The maximum absolute atomic E-state index is 13.0. The van der Waals surface area contributed by atoms with E-state index >= 15 is 0 Å². The van der Waals surface area contributed by atoms with Crippen LogP contribution in [0.4, 0.5) is 0 Å². The fourth-order valence-corrected chi connectivity index (χ4v) is 5.18. The number of aliphatic hydroxyl groups excluding tert-OH is 1. The van der Waals surface area contributed by atoms with Gasteiger partial charge in [0.2, 0.25) is 6.29 Å². The van der Waals surface area contributed by atoms with Gasteiger partial charge in [0.05, 0.1) is 12.5 Å². The summed E-state index contributed by atoms with van der Waals surface area (Å²) in [4.78, 5) is 36.6. The summed E-state index contributed by atoms with van der Waals surface area (Å²) < 4.78 is 9.94. The minimum atomic E-state index is -1.25. The lowest BCUT2D eigenvalue weighted by molar-refractivity contribution is -0.169. The molecule has 1 heterocycles. The highest BCUT2D eigenvalue weighted by Crippen LogP contribution is 2.56. The SMILES string of the molecule is COC(=O)C1(CCC2=CC(=O)OC2O)C(C)CCC2C(C)=CC(=O)CC21. The molecule has 0 aromatic rings. The lowest BCUT2D eigenvalue weighted by atomic mass is 9.51. The number of cyclic esters (lactones) is 1. The van der Waals surface area contributed by atoms with Crippen LogP contribution >= 0.6 is 0 Å². The molecule has 26 heavy (non-hydrogen) atoms. The molecular weight excluding hydrogens is 336 g/mol. The fraction of sp³-hybridized carbons (Fsp3) is 0.650. The molecule has 1 fully saturated rings. The average Bonchev–Trinajstić information content (AvgIpc) is 2.91. The lowest BCUT2D eigenvalue weighted by Gasteiger charge is -2.51. The Labute approximate surface area is 153 Å². The van der Waals surface area contributed by atoms with Crippen LogP contribution in [0.2, 0.25) is 0 Å². The Bertz CT molecular complexity index is 690. The zero-order chi connectivity index (χ0) is 19.1. The number of fused-ring (bicyclic) bond motifs is 1. The van der Waals surface area contributed by atoms with Gasteiger partial charge in [-0.2, -0.15) is 0 Å². The molecule has 0 saturated heterocycles. The van der Waals surface area contributed by atoms with E-state index in [-0.39, 0.29) is 29.5 Å². The third-order valence-electron chi connectivity index (χ3n) is 6.57. The summed E-state index contributed by atoms with van der Waals surface area (Å²) >= 11 is 0. The summed E-state index contributed by atoms with van der Waals surface area (Å²) in [5.41, 5.74) is 0.696. The summed E-state index contributed by atoms with van der Waals surface area (Å²) in [7, 11) is 1.38. The first-order chi connectivity index (χ1) is 12.3. The number of allylic oxidation sites excluding steroid dienone is 2. The molecule has 142 valence electrons. The van der Waals surface area contributed by atoms with Crippen molar-refractivity contribution in [2.75, 3.05) is 7.11 Å². The minimum absolute atomic E-state index is 0.0461. The van der Waals surface area contributed by atoms with Gasteiger partial charge in [0, 0.05) is 18.1 Å². The summed E-state index contributed by atoms with van der Waals surface area (Å²) in [6.07, 6.45) is 4.67. The van der Waals surface area contributed by atoms with Crippen LogP contribution in [0.25, 0.3) is 0 Å². The van der Waals surface area contributed by atoms with Gasteiger partial charge in [-0.3, -0.25) is 9.59 Å². The van der Waals surface area contributed by atoms with Crippen molar-refractivity contribution >= 4 is 17.7 Å². The van der Waals surface area contributed by atoms with Crippen molar-refractivity contribution in [2.24, 2.45) is 23.2 Å². The first-order valence-electron chi connectivity index (χ1n) is 9.18. The molecule has 1 aliphatic heterocycles. The molecule has 5 atom stereocenters. The molecule has 3 rings (SSSR count). The Balaban J connectivity index is 1.95. The maximum Gasteiger partial charge on any atom is 0.333 e. The number of methoxy groups -OCH3 is 1. The largest absolute Gasteiger partial charge is 0.469 e. The Hall–Kier alpha value is -1.95. The van der Waals surface area contributed by atoms with E-state index in [9.17, 15) is 19.5 Å². The highest BCUT2D eigenvalue weighted by atomic mass is 16.6. The number of hydrogen-bond acceptors (Lipinski definition) is 6. The van der Waals surface area contributed by atoms with Crippen LogP contribution in [0.3, 0.4) is 0 Å². The molecule has 0 spiro atoms. The minimum Gasteiger partial charge on any atom is -0.469 e. The van der Waals surface area contributed by atoms with E-state index in [1.54, 1.807) is 6.08 Å². The molecule has 5 unspecified atom stereocenters. The third-order valence-corrected chi connectivity index (χ3v) is 6.57. The predicted octanol–water partition coefficient (Wildman–Crippen LogP) is 2.31. The van der Waals surface area contributed by atoms with Crippen LogP contribution in [0.15, 0.2) is 23.3 Å². The highest BCUT2D eigenvalue weighted by Gasteiger charge is 2.56. The molecule has 0 aromatic carbocycles. The van der Waals surface area contributed by atoms with Crippen LogP contribution in [0, 0.1) is 23.2 Å². The smallest absolute Gasteiger partial charge is 0.333 e. The number of ether oxygens (including phenoxy) is 2. The monoisotopic (exact) mass is 362 g/mol. The first-order valence-corrected chi connectivity index (χ1v) is 9.18. The van der Waals surface area contributed by atoms with Gasteiger partial charge in [-0.05, 0) is 56.4 Å². The average molecular weight is 362 g/mol. The van der Waals surface area contributed by atoms with E-state index in [1.165, 1.54) is 13.2 Å². The highest BCUT2D eigenvalue weighted by molar-refractivity contribution is 5.92. The maximum atomic E-state index is 13.0. The second kappa shape index (κ2) is 6.99. The second-order valence-electron chi connectivity index (χ2n) is 7.79. The van der Waals surface area contributed by atoms with Crippen molar-refractivity contribution in [2.45, 2.75) is 52.2 Å². The van der Waals surface area contributed by atoms with Gasteiger partial charge in [-0.15, -0.1) is 0 Å². The number of esters is 2. The molecule has 0 radical (unpaired) electrons. The van der Waals surface area contributed by atoms with E-state index in [1.807, 2.05) is 13.8 Å². The molecule has 1 saturated carbocycles. The van der Waals surface area contributed by atoms with Crippen LogP contribution in [0.1, 0.15) is 46.0 Å². The molecular formula is C20H26O6. The number of carbonyl (C=O) groups excluding carboxylic acids is 3. The second-order valence-corrected chi connectivity index (χ2v) is 7.79. The van der Waals surface area contributed by atoms with Crippen molar-refractivity contribution in [1.29, 1.82) is 0 Å². The van der Waals surface area contributed by atoms with Crippen LogP contribution in [0.5, 0.6) is 0 Å². The van der Waals surface area contributed by atoms with Crippen LogP contribution in [-0.2, 0) is 23.9 Å². The standard InChI is InChI=1S/C20H26O6/c1-11-8-14(21)10-16-15(11)5-4-12(2)20(16,19(24)25-3)7-6-13-9-17(22)26-18(13)23/h8-9,12,15-16,18,23H,4-7,10H2,1-3H3. The first kappa shape index (κ1) is 18.8. The Morgan fingerprint density at radius 1 is 1.35 bits per heavy atom. The van der Waals surface area contributed by atoms with Crippen molar-refractivity contribution in [3.63, 3.8) is 0 Å². The number of aliphatic hydroxyl groups is 1. The molecule has 0 aromatic heterocycles. The van der Waals surface area contributed by atoms with Crippen molar-refractivity contribution in [3.8, 4) is 0 Å². The zero-order valence-electron chi connectivity index (χ0n) is 15.5. The van der Waals surface area contributed by atoms with Gasteiger partial charge in [-0.25, -0.2) is 4.79 Å². The van der Waals surface area contributed by atoms with Crippen molar-refractivity contribution in [3.05, 3.63) is 23.3 Å². The Morgan fingerprint density at radius 3 is 2.69 bits per heavy atom. The van der Waals surface area contributed by atoms with Gasteiger partial charge in [0.1, 0.15) is 0 Å². The summed E-state index contributed by atoms with van der Waals surface area (Å²) in [5, 5.41) is 9.86. The number of rotatable bonds is 4. The molecule has 2 aliphatic carbocycles. The van der Waals surface area contributed by atoms with Crippen LogP contribution < -0.4 is 0 Å². The van der Waals surface area contributed by atoms with Gasteiger partial charge >= 0.3 is 11.9 Å². The van der Waals surface area contributed by atoms with E-state index in [2.05, 4.69) is 0 Å². The normalized spacial score (nSPS) is 36.8. The van der Waals surface area contributed by atoms with Gasteiger partial charge in [-0.1, -0.05) is 12.5 Å². The van der Waals surface area contributed by atoms with E-state index in [0.717, 1.165) is 18.4 Å². The molecule has 3 aliphatic rings. The quantitative estimate of drug-likeness (QED) is 0.772. The summed E-state index contributed by atoms with van der Waals surface area (Å²) in [6.45, 7) is 3.99. The van der Waals surface area contributed by atoms with Gasteiger partial charge in [0.15, 0.2) is 5.78 Å². The molecule has 1 N–H and O–H groups in total. The fourth-order valence-electron chi connectivity index (χ4n) is 5.18. The predicted molar refractivity (Wildman–Crippen MR) is 92.6 cm³/mol. The lowest BCUT2D eigenvalue weighted by Crippen LogP contribution is -2.52. The molecule has 0 bridgehead atoms. The Morgan fingerprint density at radius 2 is 2.08 bits per heavy atom. The van der Waals surface area contributed by atoms with E-state index in [0.29, 0.717) is 24.8 Å². The van der Waals surface area contributed by atoms with E-state index < -0.39 is 17.7 Å². The molecule has 6 heteroatoms. The van der Waals surface area contributed by atoms with Crippen molar-refractivity contribution < 1.29 is 29.0 Å². The summed E-state index contributed by atoms with van der Waals surface area (Å²) in [5.74, 6) is -0.714. The summed E-state index contributed by atoms with van der Waals surface area (Å²) in [6, 6.07) is 0. The van der Waals surface area contributed by atoms with Crippen LogP contribution in [-0.4, -0.2) is 36.2 Å². The molecule has 0 amide bonds.